The molecule has 5 heteroatoms. The quantitative estimate of drug-likeness (QED) is 0.767. The molecule has 1 saturated heterocycles. The average molecular weight is 283 g/mol. The van der Waals surface area contributed by atoms with E-state index in [0.29, 0.717) is 17.6 Å². The van der Waals surface area contributed by atoms with Crippen LogP contribution in [0.4, 0.5) is 0 Å². The lowest BCUT2D eigenvalue weighted by molar-refractivity contribution is -0.131. The van der Waals surface area contributed by atoms with Crippen LogP contribution >= 0.6 is 12.2 Å². The highest BCUT2D eigenvalue weighted by Crippen LogP contribution is 2.37. The van der Waals surface area contributed by atoms with E-state index in [0.717, 1.165) is 38.8 Å². The summed E-state index contributed by atoms with van der Waals surface area (Å²) in [4.78, 5) is 15.2. The van der Waals surface area contributed by atoms with Gasteiger partial charge in [0.25, 0.3) is 0 Å². The number of carbonyl (C=O) groups is 1. The summed E-state index contributed by atoms with van der Waals surface area (Å²) in [6.07, 6.45) is 6.47. The van der Waals surface area contributed by atoms with E-state index >= 15 is 0 Å². The van der Waals surface area contributed by atoms with Crippen molar-refractivity contribution in [2.75, 3.05) is 19.6 Å². The first-order valence-electron chi connectivity index (χ1n) is 7.31. The molecule has 1 heterocycles. The number of piperidine rings is 1. The molecule has 0 aromatic rings. The summed E-state index contributed by atoms with van der Waals surface area (Å²) in [6.45, 7) is 4.75. The van der Waals surface area contributed by atoms with Gasteiger partial charge in [-0.15, -0.1) is 0 Å². The third-order valence-electron chi connectivity index (χ3n) is 4.56. The number of carbonyl (C=O) groups excluding carboxylic acids is 1. The lowest BCUT2D eigenvalue weighted by atomic mass is 9.87. The molecule has 19 heavy (non-hydrogen) atoms. The van der Waals surface area contributed by atoms with Gasteiger partial charge < -0.3 is 11.1 Å². The molecule has 1 aliphatic heterocycles. The van der Waals surface area contributed by atoms with Gasteiger partial charge in [0.2, 0.25) is 5.91 Å². The molecule has 2 rings (SSSR count). The molecule has 0 unspecified atom stereocenters. The van der Waals surface area contributed by atoms with Gasteiger partial charge in [0.1, 0.15) is 0 Å². The van der Waals surface area contributed by atoms with Crippen LogP contribution in [0.15, 0.2) is 0 Å². The molecule has 108 valence electrons. The zero-order chi connectivity index (χ0) is 13.9. The van der Waals surface area contributed by atoms with Crippen LogP contribution in [0, 0.1) is 5.41 Å². The summed E-state index contributed by atoms with van der Waals surface area (Å²) in [5, 5.41) is 3.25. The van der Waals surface area contributed by atoms with Gasteiger partial charge in [-0.2, -0.15) is 0 Å². The summed E-state index contributed by atoms with van der Waals surface area (Å²) in [6, 6.07) is 0.326. The predicted molar refractivity (Wildman–Crippen MR) is 81.0 cm³/mol. The van der Waals surface area contributed by atoms with Crippen LogP contribution in [0.3, 0.4) is 0 Å². The maximum absolute atomic E-state index is 12.3. The zero-order valence-corrected chi connectivity index (χ0v) is 12.6. The van der Waals surface area contributed by atoms with Crippen molar-refractivity contribution in [2.24, 2.45) is 11.1 Å². The predicted octanol–water partition coefficient (Wildman–Crippen LogP) is 1.43. The molecule has 0 radical (unpaired) electrons. The van der Waals surface area contributed by atoms with Gasteiger partial charge in [-0.3, -0.25) is 9.69 Å². The zero-order valence-electron chi connectivity index (χ0n) is 11.8. The van der Waals surface area contributed by atoms with Gasteiger partial charge in [0.05, 0.1) is 4.99 Å². The third kappa shape index (κ3) is 3.89. The second-order valence-electron chi connectivity index (χ2n) is 6.26. The van der Waals surface area contributed by atoms with Crippen molar-refractivity contribution in [1.29, 1.82) is 0 Å². The van der Waals surface area contributed by atoms with Crippen LogP contribution in [-0.2, 0) is 4.79 Å². The van der Waals surface area contributed by atoms with Crippen molar-refractivity contribution in [3.63, 3.8) is 0 Å². The van der Waals surface area contributed by atoms with Gasteiger partial charge in [0, 0.05) is 31.1 Å². The van der Waals surface area contributed by atoms with Crippen LogP contribution in [0.25, 0.3) is 0 Å². The average Bonchev–Trinajstić information content (AvgIpc) is 2.79. The Morgan fingerprint density at radius 2 is 1.95 bits per heavy atom. The van der Waals surface area contributed by atoms with E-state index < -0.39 is 0 Å². The lowest BCUT2D eigenvalue weighted by Crippen LogP contribution is -2.49. The molecule has 0 aromatic heterocycles. The van der Waals surface area contributed by atoms with Gasteiger partial charge in [-0.1, -0.05) is 32.0 Å². The molecule has 1 aliphatic carbocycles. The fourth-order valence-electron chi connectivity index (χ4n) is 3.20. The molecular formula is C14H25N3OS. The first kappa shape index (κ1) is 14.7. The number of rotatable bonds is 4. The van der Waals surface area contributed by atoms with Crippen molar-refractivity contribution in [3.8, 4) is 0 Å². The van der Waals surface area contributed by atoms with E-state index in [-0.39, 0.29) is 11.3 Å². The standard InChI is InChI=1S/C14H25N3OS/c1-14(6-2-3-7-14)13(18)16-11-4-8-17(9-5-11)10-12(15)19/h11H,2-10H2,1H3,(H2,15,19)(H,16,18). The summed E-state index contributed by atoms with van der Waals surface area (Å²) in [5.41, 5.74) is 5.44. The number of thiocarbonyl (C=S) groups is 1. The van der Waals surface area contributed by atoms with E-state index in [1.54, 1.807) is 0 Å². The molecule has 2 aliphatic rings. The van der Waals surface area contributed by atoms with Crippen molar-refractivity contribution in [2.45, 2.75) is 51.5 Å². The molecule has 0 bridgehead atoms. The minimum absolute atomic E-state index is 0.115. The second-order valence-corrected chi connectivity index (χ2v) is 6.78. The monoisotopic (exact) mass is 283 g/mol. The van der Waals surface area contributed by atoms with E-state index in [1.807, 2.05) is 0 Å². The summed E-state index contributed by atoms with van der Waals surface area (Å²) >= 11 is 4.93. The highest BCUT2D eigenvalue weighted by atomic mass is 32.1. The summed E-state index contributed by atoms with van der Waals surface area (Å²) in [5.74, 6) is 0.262. The van der Waals surface area contributed by atoms with E-state index in [2.05, 4.69) is 17.1 Å². The second kappa shape index (κ2) is 6.18. The van der Waals surface area contributed by atoms with Crippen LogP contribution in [-0.4, -0.2) is 41.5 Å². The van der Waals surface area contributed by atoms with E-state index in [1.165, 1.54) is 12.8 Å². The number of nitrogens with one attached hydrogen (secondary N) is 1. The summed E-state index contributed by atoms with van der Waals surface area (Å²) in [7, 11) is 0. The number of nitrogens with two attached hydrogens (primary N) is 1. The summed E-state index contributed by atoms with van der Waals surface area (Å²) < 4.78 is 0. The molecule has 1 amide bonds. The molecule has 1 saturated carbocycles. The Kier molecular flexibility index (Phi) is 4.79. The minimum atomic E-state index is -0.115. The largest absolute Gasteiger partial charge is 0.392 e. The van der Waals surface area contributed by atoms with Crippen LogP contribution in [0.2, 0.25) is 0 Å². The maximum Gasteiger partial charge on any atom is 0.226 e. The van der Waals surface area contributed by atoms with E-state index in [4.69, 9.17) is 18.0 Å². The lowest BCUT2D eigenvalue weighted by Gasteiger charge is -2.34. The van der Waals surface area contributed by atoms with Crippen LogP contribution in [0.5, 0.6) is 0 Å². The number of nitrogens with zero attached hydrogens (tertiary/aromatic N) is 1. The molecule has 0 aromatic carbocycles. The van der Waals surface area contributed by atoms with Crippen molar-refractivity contribution in [1.82, 2.24) is 10.2 Å². The van der Waals surface area contributed by atoms with Gasteiger partial charge in [-0.05, 0) is 25.7 Å². The molecular weight excluding hydrogens is 258 g/mol. The fraction of sp³-hybridized carbons (Fsp3) is 0.857. The van der Waals surface area contributed by atoms with Crippen molar-refractivity contribution >= 4 is 23.1 Å². The fourth-order valence-corrected chi connectivity index (χ4v) is 3.38. The Hall–Kier alpha value is -0.680. The first-order chi connectivity index (χ1) is 8.99. The Balaban J connectivity index is 1.76. The maximum atomic E-state index is 12.3. The van der Waals surface area contributed by atoms with Crippen LogP contribution < -0.4 is 11.1 Å². The van der Waals surface area contributed by atoms with Gasteiger partial charge in [0.15, 0.2) is 0 Å². The Bertz CT molecular complexity index is 345. The Labute approximate surface area is 121 Å². The minimum Gasteiger partial charge on any atom is -0.392 e. The van der Waals surface area contributed by atoms with Crippen molar-refractivity contribution in [3.05, 3.63) is 0 Å². The molecule has 4 nitrogen and oxygen atoms in total. The normalized spacial score (nSPS) is 24.3. The molecule has 2 fully saturated rings. The molecule has 0 atom stereocenters. The van der Waals surface area contributed by atoms with Gasteiger partial charge >= 0.3 is 0 Å². The molecule has 0 spiro atoms. The Morgan fingerprint density at radius 1 is 1.37 bits per heavy atom. The number of hydrogen-bond acceptors (Lipinski definition) is 3. The number of likely N-dealkylation sites (tertiary alicyclic amines) is 1. The van der Waals surface area contributed by atoms with Crippen LogP contribution in [0.1, 0.15) is 45.4 Å². The molecule has 3 N–H and O–H groups in total. The van der Waals surface area contributed by atoms with E-state index in [9.17, 15) is 4.79 Å². The highest BCUT2D eigenvalue weighted by molar-refractivity contribution is 7.80. The Morgan fingerprint density at radius 3 is 2.47 bits per heavy atom. The highest BCUT2D eigenvalue weighted by Gasteiger charge is 2.37. The van der Waals surface area contributed by atoms with Crippen molar-refractivity contribution < 1.29 is 4.79 Å². The third-order valence-corrected chi connectivity index (χ3v) is 4.69. The van der Waals surface area contributed by atoms with Gasteiger partial charge in [-0.25, -0.2) is 0 Å². The smallest absolute Gasteiger partial charge is 0.226 e. The number of amides is 1. The number of hydrogen-bond donors (Lipinski definition) is 2. The topological polar surface area (TPSA) is 58.4 Å². The SMILES string of the molecule is CC1(C(=O)NC2CCN(CC(N)=S)CC2)CCCC1. The first-order valence-corrected chi connectivity index (χ1v) is 7.72.